The minimum absolute atomic E-state index is 0.0351. The van der Waals surface area contributed by atoms with Gasteiger partial charge in [-0.15, -0.1) is 6.58 Å². The number of carbonyl (C=O) groups excluding carboxylic acids is 2. The van der Waals surface area contributed by atoms with Crippen molar-refractivity contribution in [1.29, 1.82) is 0 Å². The van der Waals surface area contributed by atoms with Crippen LogP contribution >= 0.6 is 0 Å². The van der Waals surface area contributed by atoms with E-state index in [0.717, 1.165) is 5.56 Å². The van der Waals surface area contributed by atoms with Crippen LogP contribution in [-0.4, -0.2) is 42.5 Å². The third-order valence-corrected chi connectivity index (χ3v) is 4.91. The van der Waals surface area contributed by atoms with Gasteiger partial charge < -0.3 is 19.5 Å². The molecule has 6 heteroatoms. The molecule has 0 spiro atoms. The first-order valence-electron chi connectivity index (χ1n) is 9.11. The second kappa shape index (κ2) is 8.22. The molecule has 0 saturated carbocycles. The predicted octanol–water partition coefficient (Wildman–Crippen LogP) is 3.62. The Labute approximate surface area is 169 Å². The van der Waals surface area contributed by atoms with Gasteiger partial charge in [0.2, 0.25) is 0 Å². The number of methoxy groups -OCH3 is 2. The minimum atomic E-state index is -0.769. The van der Waals surface area contributed by atoms with Crippen LogP contribution in [0, 0.1) is 6.92 Å². The normalized spacial score (nSPS) is 18.0. The first-order valence-corrected chi connectivity index (χ1v) is 9.11. The molecule has 1 saturated heterocycles. The van der Waals surface area contributed by atoms with Crippen molar-refractivity contribution in [2.45, 2.75) is 13.0 Å². The monoisotopic (exact) mass is 393 g/mol. The van der Waals surface area contributed by atoms with E-state index in [9.17, 15) is 14.7 Å². The van der Waals surface area contributed by atoms with Crippen LogP contribution in [-0.2, 0) is 9.59 Å². The molecule has 6 nitrogen and oxygen atoms in total. The molecule has 1 atom stereocenters. The number of nitrogens with zero attached hydrogens (tertiary/aromatic N) is 1. The van der Waals surface area contributed by atoms with Gasteiger partial charge in [-0.2, -0.15) is 0 Å². The maximum absolute atomic E-state index is 12.8. The Hall–Kier alpha value is -3.54. The van der Waals surface area contributed by atoms with Crippen molar-refractivity contribution >= 4 is 17.4 Å². The van der Waals surface area contributed by atoms with Crippen molar-refractivity contribution in [3.63, 3.8) is 0 Å². The van der Waals surface area contributed by atoms with Crippen molar-refractivity contribution in [3.05, 3.63) is 77.4 Å². The summed E-state index contributed by atoms with van der Waals surface area (Å²) in [5.41, 5.74) is 2.15. The van der Waals surface area contributed by atoms with E-state index >= 15 is 0 Å². The number of likely N-dealkylation sites (tertiary alicyclic amines) is 1. The summed E-state index contributed by atoms with van der Waals surface area (Å²) in [6, 6.07) is 11.5. The number of hydrogen-bond donors (Lipinski definition) is 1. The summed E-state index contributed by atoms with van der Waals surface area (Å²) in [7, 11) is 3.04. The average Bonchev–Trinajstić information content (AvgIpc) is 2.98. The number of ether oxygens (including phenoxy) is 2. The molecule has 3 rings (SSSR count). The Morgan fingerprint density at radius 1 is 1.10 bits per heavy atom. The van der Waals surface area contributed by atoms with Gasteiger partial charge in [-0.1, -0.05) is 42.0 Å². The largest absolute Gasteiger partial charge is 0.507 e. The highest BCUT2D eigenvalue weighted by atomic mass is 16.5. The highest BCUT2D eigenvalue weighted by Crippen LogP contribution is 2.41. The van der Waals surface area contributed by atoms with E-state index in [1.54, 1.807) is 36.4 Å². The fourth-order valence-electron chi connectivity index (χ4n) is 3.44. The fraction of sp³-hybridized carbons (Fsp3) is 0.217. The highest BCUT2D eigenvalue weighted by molar-refractivity contribution is 6.46. The quantitative estimate of drug-likeness (QED) is 0.351. The SMILES string of the molecule is C=CCN1C(=O)C(=O)C(=C(O)c2ccc(C)cc2)[C@@H]1c1ccc(OC)c(OC)c1. The summed E-state index contributed by atoms with van der Waals surface area (Å²) in [4.78, 5) is 26.9. The zero-order chi connectivity index (χ0) is 21.1. The first kappa shape index (κ1) is 20.2. The molecule has 2 aromatic rings. The molecule has 0 aliphatic carbocycles. The van der Waals surface area contributed by atoms with Crippen LogP contribution in [0.5, 0.6) is 11.5 Å². The molecular weight excluding hydrogens is 370 g/mol. The van der Waals surface area contributed by atoms with E-state index in [2.05, 4.69) is 6.58 Å². The molecule has 0 aromatic heterocycles. The molecule has 1 aliphatic rings. The van der Waals surface area contributed by atoms with Crippen LogP contribution in [0.1, 0.15) is 22.7 Å². The zero-order valence-electron chi connectivity index (χ0n) is 16.6. The zero-order valence-corrected chi connectivity index (χ0v) is 16.6. The lowest BCUT2D eigenvalue weighted by molar-refractivity contribution is -0.139. The van der Waals surface area contributed by atoms with Gasteiger partial charge >= 0.3 is 0 Å². The summed E-state index contributed by atoms with van der Waals surface area (Å²) in [5, 5.41) is 10.9. The van der Waals surface area contributed by atoms with Crippen molar-refractivity contribution in [3.8, 4) is 11.5 Å². The Morgan fingerprint density at radius 3 is 2.34 bits per heavy atom. The average molecular weight is 393 g/mol. The number of aliphatic hydroxyl groups excluding tert-OH is 1. The van der Waals surface area contributed by atoms with Gasteiger partial charge in [0.15, 0.2) is 11.5 Å². The van der Waals surface area contributed by atoms with E-state index in [1.165, 1.54) is 19.1 Å². The Balaban J connectivity index is 2.21. The smallest absolute Gasteiger partial charge is 0.295 e. The van der Waals surface area contributed by atoms with E-state index in [-0.39, 0.29) is 17.9 Å². The lowest BCUT2D eigenvalue weighted by Crippen LogP contribution is -2.29. The molecule has 1 fully saturated rings. The van der Waals surface area contributed by atoms with E-state index in [0.29, 0.717) is 22.6 Å². The summed E-state index contributed by atoms with van der Waals surface area (Å²) < 4.78 is 10.6. The van der Waals surface area contributed by atoms with Gasteiger partial charge in [-0.05, 0) is 24.6 Å². The van der Waals surface area contributed by atoms with Crippen LogP contribution < -0.4 is 9.47 Å². The number of carbonyl (C=O) groups is 2. The van der Waals surface area contributed by atoms with Gasteiger partial charge in [0.25, 0.3) is 11.7 Å². The number of amides is 1. The third-order valence-electron chi connectivity index (χ3n) is 4.91. The number of rotatable bonds is 6. The summed E-state index contributed by atoms with van der Waals surface area (Å²) >= 11 is 0. The van der Waals surface area contributed by atoms with Gasteiger partial charge in [0.05, 0.1) is 25.8 Å². The molecule has 1 aliphatic heterocycles. The van der Waals surface area contributed by atoms with Crippen LogP contribution in [0.25, 0.3) is 5.76 Å². The molecule has 1 amide bonds. The maximum atomic E-state index is 12.8. The summed E-state index contributed by atoms with van der Waals surface area (Å²) in [5.74, 6) is -0.641. The lowest BCUT2D eigenvalue weighted by Gasteiger charge is -2.24. The highest BCUT2D eigenvalue weighted by Gasteiger charge is 2.45. The predicted molar refractivity (Wildman–Crippen MR) is 110 cm³/mol. The van der Waals surface area contributed by atoms with Crippen molar-refractivity contribution in [2.75, 3.05) is 20.8 Å². The van der Waals surface area contributed by atoms with Gasteiger partial charge in [0, 0.05) is 12.1 Å². The van der Waals surface area contributed by atoms with Crippen LogP contribution in [0.4, 0.5) is 0 Å². The van der Waals surface area contributed by atoms with E-state index < -0.39 is 17.7 Å². The van der Waals surface area contributed by atoms with Crippen LogP contribution in [0.3, 0.4) is 0 Å². The van der Waals surface area contributed by atoms with E-state index in [1.807, 2.05) is 19.1 Å². The molecule has 29 heavy (non-hydrogen) atoms. The Kier molecular flexibility index (Phi) is 5.73. The molecule has 2 aromatic carbocycles. The van der Waals surface area contributed by atoms with Crippen molar-refractivity contribution < 1.29 is 24.2 Å². The second-order valence-corrected chi connectivity index (χ2v) is 6.72. The topological polar surface area (TPSA) is 76.1 Å². The van der Waals surface area contributed by atoms with Gasteiger partial charge in [-0.3, -0.25) is 9.59 Å². The molecule has 1 heterocycles. The summed E-state index contributed by atoms with van der Waals surface area (Å²) in [6.07, 6.45) is 1.55. The molecule has 150 valence electrons. The van der Waals surface area contributed by atoms with Gasteiger partial charge in [0.1, 0.15) is 5.76 Å². The van der Waals surface area contributed by atoms with Crippen LogP contribution in [0.2, 0.25) is 0 Å². The number of ketones is 1. The standard InChI is InChI=1S/C23H23NO5/c1-5-12-24-20(16-10-11-17(28-3)18(13-16)29-4)19(22(26)23(24)27)21(25)15-8-6-14(2)7-9-15/h5-11,13,20,25H,1,12H2,2-4H3/t20-/m0/s1. The van der Waals surface area contributed by atoms with E-state index in [4.69, 9.17) is 9.47 Å². The number of hydrogen-bond acceptors (Lipinski definition) is 5. The fourth-order valence-corrected chi connectivity index (χ4v) is 3.44. The number of aryl methyl sites for hydroxylation is 1. The second-order valence-electron chi connectivity index (χ2n) is 6.72. The Morgan fingerprint density at radius 2 is 1.76 bits per heavy atom. The first-order chi connectivity index (χ1) is 13.9. The van der Waals surface area contributed by atoms with Crippen LogP contribution in [0.15, 0.2) is 60.7 Å². The summed E-state index contributed by atoms with van der Waals surface area (Å²) in [6.45, 7) is 5.77. The molecule has 0 unspecified atom stereocenters. The van der Waals surface area contributed by atoms with Crippen molar-refractivity contribution in [2.24, 2.45) is 0 Å². The third kappa shape index (κ3) is 3.61. The molecule has 1 N–H and O–H groups in total. The number of Topliss-reactive ketones (excluding diaryl/α,β-unsaturated/α-hetero) is 1. The minimum Gasteiger partial charge on any atom is -0.507 e. The number of aliphatic hydroxyl groups is 1. The molecule has 0 radical (unpaired) electrons. The maximum Gasteiger partial charge on any atom is 0.295 e. The van der Waals surface area contributed by atoms with Gasteiger partial charge in [-0.25, -0.2) is 0 Å². The van der Waals surface area contributed by atoms with Crippen molar-refractivity contribution in [1.82, 2.24) is 4.90 Å². The lowest BCUT2D eigenvalue weighted by atomic mass is 9.94. The Bertz CT molecular complexity index is 991. The molecule has 0 bridgehead atoms. The number of benzene rings is 2. The molecular formula is C23H23NO5.